The monoisotopic (exact) mass is 236 g/mol. The highest BCUT2D eigenvalue weighted by atomic mass is 19.1. The van der Waals surface area contributed by atoms with Crippen LogP contribution in [0.2, 0.25) is 0 Å². The molecule has 0 aromatic heterocycles. The lowest BCUT2D eigenvalue weighted by molar-refractivity contribution is 0.316. The van der Waals surface area contributed by atoms with Crippen LogP contribution in [0.25, 0.3) is 0 Å². The van der Waals surface area contributed by atoms with Crippen molar-refractivity contribution < 1.29 is 4.39 Å². The first kappa shape index (κ1) is 12.5. The van der Waals surface area contributed by atoms with Gasteiger partial charge in [-0.3, -0.25) is 0 Å². The molecule has 1 aromatic rings. The third-order valence-electron chi connectivity index (χ3n) is 3.46. The zero-order valence-corrected chi connectivity index (χ0v) is 10.6. The fourth-order valence-electron chi connectivity index (χ4n) is 2.02. The Morgan fingerprint density at radius 2 is 2.00 bits per heavy atom. The molecule has 2 nitrogen and oxygen atoms in total. The highest BCUT2D eigenvalue weighted by Crippen LogP contribution is 2.24. The molecule has 1 aromatic carbocycles. The van der Waals surface area contributed by atoms with Crippen LogP contribution < -0.4 is 5.32 Å². The van der Waals surface area contributed by atoms with Gasteiger partial charge >= 0.3 is 0 Å². The van der Waals surface area contributed by atoms with Crippen molar-refractivity contribution in [2.75, 3.05) is 20.1 Å². The maximum absolute atomic E-state index is 12.8. The van der Waals surface area contributed by atoms with Crippen molar-refractivity contribution in [1.82, 2.24) is 10.2 Å². The average molecular weight is 236 g/mol. The molecule has 3 heteroatoms. The van der Waals surface area contributed by atoms with E-state index in [9.17, 15) is 4.39 Å². The lowest BCUT2D eigenvalue weighted by Crippen LogP contribution is -2.31. The van der Waals surface area contributed by atoms with Gasteiger partial charge in [0.15, 0.2) is 0 Å². The van der Waals surface area contributed by atoms with E-state index in [0.29, 0.717) is 0 Å². The van der Waals surface area contributed by atoms with Crippen molar-refractivity contribution in [1.29, 1.82) is 0 Å². The molecule has 94 valence electrons. The molecule has 1 aliphatic rings. The molecule has 1 aliphatic carbocycles. The van der Waals surface area contributed by atoms with E-state index in [1.54, 1.807) is 0 Å². The third kappa shape index (κ3) is 3.79. The second-order valence-corrected chi connectivity index (χ2v) is 4.94. The molecule has 1 fully saturated rings. The first-order valence-corrected chi connectivity index (χ1v) is 6.36. The van der Waals surface area contributed by atoms with Gasteiger partial charge in [-0.15, -0.1) is 0 Å². The molecule has 1 atom stereocenters. The number of hydrogen-bond acceptors (Lipinski definition) is 2. The van der Waals surface area contributed by atoms with Gasteiger partial charge in [0.25, 0.3) is 0 Å². The summed E-state index contributed by atoms with van der Waals surface area (Å²) in [4.78, 5) is 2.41. The fraction of sp³-hybridized carbons (Fsp3) is 0.571. The summed E-state index contributed by atoms with van der Waals surface area (Å²) in [6.07, 6.45) is 2.70. The number of nitrogens with zero attached hydrogens (tertiary/aromatic N) is 1. The van der Waals surface area contributed by atoms with Gasteiger partial charge in [0.1, 0.15) is 5.82 Å². The van der Waals surface area contributed by atoms with Gasteiger partial charge in [-0.2, -0.15) is 0 Å². The SMILES string of the molecule is CC(NCCN(C)C1CC1)c1ccc(F)cc1. The average Bonchev–Trinajstić information content (AvgIpc) is 3.13. The van der Waals surface area contributed by atoms with Gasteiger partial charge in [-0.05, 0) is 44.5 Å². The van der Waals surface area contributed by atoms with E-state index in [2.05, 4.69) is 24.2 Å². The summed E-state index contributed by atoms with van der Waals surface area (Å²) >= 11 is 0. The predicted molar refractivity (Wildman–Crippen MR) is 68.5 cm³/mol. The molecule has 0 amide bonds. The Balaban J connectivity index is 1.72. The summed E-state index contributed by atoms with van der Waals surface area (Å²) in [6.45, 7) is 4.17. The zero-order valence-electron chi connectivity index (χ0n) is 10.6. The lowest BCUT2D eigenvalue weighted by atomic mass is 10.1. The fourth-order valence-corrected chi connectivity index (χ4v) is 2.02. The standard InChI is InChI=1S/C14H21FN2/c1-11(12-3-5-13(15)6-4-12)16-9-10-17(2)14-7-8-14/h3-6,11,14,16H,7-10H2,1-2H3. The first-order valence-electron chi connectivity index (χ1n) is 6.36. The molecule has 1 unspecified atom stereocenters. The molecular formula is C14H21FN2. The van der Waals surface area contributed by atoms with Gasteiger partial charge in [0.05, 0.1) is 0 Å². The number of benzene rings is 1. The molecule has 2 rings (SSSR count). The number of nitrogens with one attached hydrogen (secondary N) is 1. The second-order valence-electron chi connectivity index (χ2n) is 4.94. The number of likely N-dealkylation sites (N-methyl/N-ethyl adjacent to an activating group) is 1. The number of hydrogen-bond donors (Lipinski definition) is 1. The van der Waals surface area contributed by atoms with Crippen LogP contribution in [0.5, 0.6) is 0 Å². The van der Waals surface area contributed by atoms with Crippen molar-refractivity contribution in [2.45, 2.75) is 31.8 Å². The van der Waals surface area contributed by atoms with Crippen LogP contribution in [0.4, 0.5) is 4.39 Å². The van der Waals surface area contributed by atoms with Gasteiger partial charge < -0.3 is 10.2 Å². The minimum absolute atomic E-state index is 0.172. The van der Waals surface area contributed by atoms with Crippen molar-refractivity contribution >= 4 is 0 Å². The Labute approximate surface area is 103 Å². The normalized spacial score (nSPS) is 17.4. The third-order valence-corrected chi connectivity index (χ3v) is 3.46. The molecule has 0 saturated heterocycles. The van der Waals surface area contributed by atoms with Crippen LogP contribution in [-0.2, 0) is 0 Å². The molecule has 0 heterocycles. The van der Waals surface area contributed by atoms with Gasteiger partial charge in [0, 0.05) is 25.2 Å². The van der Waals surface area contributed by atoms with E-state index in [-0.39, 0.29) is 11.9 Å². The van der Waals surface area contributed by atoms with Gasteiger partial charge in [-0.1, -0.05) is 12.1 Å². The zero-order chi connectivity index (χ0) is 12.3. The van der Waals surface area contributed by atoms with Gasteiger partial charge in [-0.25, -0.2) is 4.39 Å². The number of halogens is 1. The molecular weight excluding hydrogens is 215 g/mol. The maximum atomic E-state index is 12.8. The summed E-state index contributed by atoms with van der Waals surface area (Å²) in [6, 6.07) is 7.82. The van der Waals surface area contributed by atoms with Crippen molar-refractivity contribution in [2.24, 2.45) is 0 Å². The van der Waals surface area contributed by atoms with E-state index >= 15 is 0 Å². The van der Waals surface area contributed by atoms with Crippen molar-refractivity contribution in [3.05, 3.63) is 35.6 Å². The van der Waals surface area contributed by atoms with Crippen molar-refractivity contribution in [3.8, 4) is 0 Å². The Hall–Kier alpha value is -0.930. The molecule has 1 N–H and O–H groups in total. The maximum Gasteiger partial charge on any atom is 0.123 e. The van der Waals surface area contributed by atoms with Crippen LogP contribution in [0.1, 0.15) is 31.4 Å². The van der Waals surface area contributed by atoms with Crippen LogP contribution in [0.3, 0.4) is 0 Å². The number of rotatable bonds is 6. The topological polar surface area (TPSA) is 15.3 Å². The van der Waals surface area contributed by atoms with E-state index in [1.807, 2.05) is 12.1 Å². The summed E-state index contributed by atoms with van der Waals surface area (Å²) in [5, 5.41) is 3.47. The molecule has 0 spiro atoms. The van der Waals surface area contributed by atoms with Crippen LogP contribution in [-0.4, -0.2) is 31.1 Å². The molecule has 1 saturated carbocycles. The summed E-state index contributed by atoms with van der Waals surface area (Å²) in [5.41, 5.74) is 1.14. The minimum Gasteiger partial charge on any atom is -0.309 e. The molecule has 0 radical (unpaired) electrons. The smallest absolute Gasteiger partial charge is 0.123 e. The van der Waals surface area contributed by atoms with Crippen LogP contribution in [0, 0.1) is 5.82 Å². The van der Waals surface area contributed by atoms with Gasteiger partial charge in [0.2, 0.25) is 0 Å². The molecule has 0 aliphatic heterocycles. The molecule has 0 bridgehead atoms. The van der Waals surface area contributed by atoms with E-state index in [0.717, 1.165) is 24.7 Å². The largest absolute Gasteiger partial charge is 0.309 e. The Bertz CT molecular complexity index is 346. The minimum atomic E-state index is -0.172. The highest BCUT2D eigenvalue weighted by Gasteiger charge is 2.25. The predicted octanol–water partition coefficient (Wildman–Crippen LogP) is 2.57. The first-order chi connectivity index (χ1) is 8.16. The van der Waals surface area contributed by atoms with E-state index < -0.39 is 0 Å². The van der Waals surface area contributed by atoms with Crippen LogP contribution in [0.15, 0.2) is 24.3 Å². The summed E-state index contributed by atoms with van der Waals surface area (Å²) in [7, 11) is 2.18. The Kier molecular flexibility index (Phi) is 4.13. The lowest BCUT2D eigenvalue weighted by Gasteiger charge is -2.19. The quantitative estimate of drug-likeness (QED) is 0.816. The highest BCUT2D eigenvalue weighted by molar-refractivity contribution is 5.19. The van der Waals surface area contributed by atoms with E-state index in [1.165, 1.54) is 25.0 Å². The summed E-state index contributed by atoms with van der Waals surface area (Å²) in [5.74, 6) is -0.172. The van der Waals surface area contributed by atoms with Crippen molar-refractivity contribution in [3.63, 3.8) is 0 Å². The summed E-state index contributed by atoms with van der Waals surface area (Å²) < 4.78 is 12.8. The Morgan fingerprint density at radius 3 is 2.59 bits per heavy atom. The Morgan fingerprint density at radius 1 is 1.35 bits per heavy atom. The second kappa shape index (κ2) is 5.61. The molecule has 17 heavy (non-hydrogen) atoms. The van der Waals surface area contributed by atoms with Crippen LogP contribution >= 0.6 is 0 Å². The van der Waals surface area contributed by atoms with E-state index in [4.69, 9.17) is 0 Å².